The van der Waals surface area contributed by atoms with E-state index >= 15 is 0 Å². The van der Waals surface area contributed by atoms with Crippen LogP contribution in [0.2, 0.25) is 0 Å². The SMILES string of the molecule is CC(Cl)C(O)C#N. The monoisotopic (exact) mass is 119 g/mol. The first-order valence-electron chi connectivity index (χ1n) is 1.90. The zero-order valence-corrected chi connectivity index (χ0v) is 4.68. The molecule has 0 aromatic heterocycles. The fourth-order valence-electron chi connectivity index (χ4n) is 0.103. The fourth-order valence-corrected chi connectivity index (χ4v) is 0.159. The van der Waals surface area contributed by atoms with Crippen LogP contribution in [0.3, 0.4) is 0 Å². The van der Waals surface area contributed by atoms with Crippen molar-refractivity contribution in [3.63, 3.8) is 0 Å². The molecule has 0 radical (unpaired) electrons. The lowest BCUT2D eigenvalue weighted by Crippen LogP contribution is -2.13. The van der Waals surface area contributed by atoms with Gasteiger partial charge in [0.2, 0.25) is 0 Å². The quantitative estimate of drug-likeness (QED) is 0.404. The molecule has 0 aliphatic heterocycles. The predicted molar refractivity (Wildman–Crippen MR) is 26.9 cm³/mol. The number of rotatable bonds is 1. The van der Waals surface area contributed by atoms with Gasteiger partial charge in [-0.2, -0.15) is 5.26 Å². The van der Waals surface area contributed by atoms with Gasteiger partial charge in [0.15, 0.2) is 6.10 Å². The average molecular weight is 120 g/mol. The Morgan fingerprint density at radius 3 is 2.29 bits per heavy atom. The normalized spacial score (nSPS) is 17.4. The lowest BCUT2D eigenvalue weighted by molar-refractivity contribution is 0.229. The van der Waals surface area contributed by atoms with Crippen LogP contribution >= 0.6 is 11.6 Å². The van der Waals surface area contributed by atoms with E-state index in [1.54, 1.807) is 13.0 Å². The lowest BCUT2D eigenvalue weighted by Gasteiger charge is -1.99. The van der Waals surface area contributed by atoms with Crippen LogP contribution in [0.5, 0.6) is 0 Å². The molecule has 7 heavy (non-hydrogen) atoms. The number of nitriles is 1. The largest absolute Gasteiger partial charge is 0.377 e. The third-order valence-electron chi connectivity index (χ3n) is 0.567. The summed E-state index contributed by atoms with van der Waals surface area (Å²) in [6.07, 6.45) is -1.03. The summed E-state index contributed by atoms with van der Waals surface area (Å²) in [5.41, 5.74) is 0. The van der Waals surface area contributed by atoms with Gasteiger partial charge in [-0.15, -0.1) is 11.6 Å². The highest BCUT2D eigenvalue weighted by molar-refractivity contribution is 6.20. The van der Waals surface area contributed by atoms with Crippen LogP contribution in [-0.4, -0.2) is 16.6 Å². The Balaban J connectivity index is 3.40. The minimum atomic E-state index is -1.03. The van der Waals surface area contributed by atoms with Gasteiger partial charge in [-0.25, -0.2) is 0 Å². The van der Waals surface area contributed by atoms with Crippen molar-refractivity contribution >= 4 is 11.6 Å². The second kappa shape index (κ2) is 2.84. The van der Waals surface area contributed by atoms with E-state index in [4.69, 9.17) is 22.0 Å². The highest BCUT2D eigenvalue weighted by Crippen LogP contribution is 1.97. The average Bonchev–Trinajstić information content (AvgIpc) is 1.65. The fraction of sp³-hybridized carbons (Fsp3) is 0.750. The van der Waals surface area contributed by atoms with Gasteiger partial charge >= 0.3 is 0 Å². The van der Waals surface area contributed by atoms with Crippen LogP contribution in [0.1, 0.15) is 6.92 Å². The van der Waals surface area contributed by atoms with E-state index < -0.39 is 11.5 Å². The van der Waals surface area contributed by atoms with Gasteiger partial charge in [0.1, 0.15) is 0 Å². The predicted octanol–water partition coefficient (Wildman–Crippen LogP) is 0.498. The van der Waals surface area contributed by atoms with Crippen molar-refractivity contribution in [1.82, 2.24) is 0 Å². The molecule has 0 amide bonds. The Hall–Kier alpha value is -0.260. The third-order valence-corrected chi connectivity index (χ3v) is 0.806. The first kappa shape index (κ1) is 6.74. The second-order valence-corrected chi connectivity index (χ2v) is 1.94. The molecule has 0 spiro atoms. The molecule has 3 heteroatoms. The van der Waals surface area contributed by atoms with Crippen molar-refractivity contribution in [2.45, 2.75) is 18.4 Å². The molecule has 0 saturated heterocycles. The van der Waals surface area contributed by atoms with E-state index in [1.807, 2.05) is 0 Å². The molecule has 40 valence electrons. The molecule has 0 saturated carbocycles. The number of aliphatic hydroxyl groups is 1. The van der Waals surface area contributed by atoms with Crippen LogP contribution < -0.4 is 0 Å². The van der Waals surface area contributed by atoms with Crippen LogP contribution in [0.4, 0.5) is 0 Å². The van der Waals surface area contributed by atoms with Crippen molar-refractivity contribution in [2.24, 2.45) is 0 Å². The van der Waals surface area contributed by atoms with Gasteiger partial charge in [-0.3, -0.25) is 0 Å². The molecule has 2 nitrogen and oxygen atoms in total. The van der Waals surface area contributed by atoms with Gasteiger partial charge in [0.25, 0.3) is 0 Å². The Kier molecular flexibility index (Phi) is 2.73. The second-order valence-electron chi connectivity index (χ2n) is 1.25. The summed E-state index contributed by atoms with van der Waals surface area (Å²) in [6.45, 7) is 1.56. The maximum atomic E-state index is 8.44. The first-order valence-corrected chi connectivity index (χ1v) is 2.34. The molecule has 0 aromatic carbocycles. The molecule has 1 N–H and O–H groups in total. The molecule has 0 rings (SSSR count). The van der Waals surface area contributed by atoms with Crippen LogP contribution in [0, 0.1) is 11.3 Å². The van der Waals surface area contributed by atoms with E-state index in [2.05, 4.69) is 0 Å². The van der Waals surface area contributed by atoms with Crippen LogP contribution in [0.25, 0.3) is 0 Å². The van der Waals surface area contributed by atoms with E-state index in [-0.39, 0.29) is 0 Å². The molecular weight excluding hydrogens is 114 g/mol. The molecule has 0 bridgehead atoms. The highest BCUT2D eigenvalue weighted by Gasteiger charge is 2.06. The Morgan fingerprint density at radius 2 is 2.29 bits per heavy atom. The number of hydrogen-bond acceptors (Lipinski definition) is 2. The maximum absolute atomic E-state index is 8.44. The number of alkyl halides is 1. The van der Waals surface area contributed by atoms with Gasteiger partial charge < -0.3 is 5.11 Å². The molecule has 0 aliphatic carbocycles. The van der Waals surface area contributed by atoms with Crippen LogP contribution in [0.15, 0.2) is 0 Å². The maximum Gasteiger partial charge on any atom is 0.156 e. The van der Waals surface area contributed by atoms with Crippen molar-refractivity contribution in [2.75, 3.05) is 0 Å². The molecule has 0 aliphatic rings. The van der Waals surface area contributed by atoms with E-state index in [0.29, 0.717) is 0 Å². The third kappa shape index (κ3) is 2.44. The zero-order chi connectivity index (χ0) is 5.86. The molecule has 0 fully saturated rings. The number of halogens is 1. The smallest absolute Gasteiger partial charge is 0.156 e. The first-order chi connectivity index (χ1) is 3.18. The van der Waals surface area contributed by atoms with Crippen molar-refractivity contribution in [3.8, 4) is 6.07 Å². The van der Waals surface area contributed by atoms with Crippen molar-refractivity contribution in [1.29, 1.82) is 5.26 Å². The summed E-state index contributed by atoms with van der Waals surface area (Å²) in [7, 11) is 0. The molecule has 0 heterocycles. The highest BCUT2D eigenvalue weighted by atomic mass is 35.5. The topological polar surface area (TPSA) is 44.0 Å². The van der Waals surface area contributed by atoms with Crippen molar-refractivity contribution < 1.29 is 5.11 Å². The summed E-state index contributed by atoms with van der Waals surface area (Å²) in [4.78, 5) is 0. The number of nitrogens with zero attached hydrogens (tertiary/aromatic N) is 1. The summed E-state index contributed by atoms with van der Waals surface area (Å²) in [5, 5.41) is 15.9. The van der Waals surface area contributed by atoms with Crippen molar-refractivity contribution in [3.05, 3.63) is 0 Å². The summed E-state index contributed by atoms with van der Waals surface area (Å²) in [6, 6.07) is 1.59. The number of aliphatic hydroxyl groups excluding tert-OH is 1. The molecule has 2 atom stereocenters. The standard InChI is InChI=1S/C4H6ClNO/c1-3(5)4(7)2-6/h3-4,7H,1H3. The minimum absolute atomic E-state index is 0.468. The van der Waals surface area contributed by atoms with Gasteiger partial charge in [-0.05, 0) is 6.92 Å². The number of hydrogen-bond donors (Lipinski definition) is 1. The zero-order valence-electron chi connectivity index (χ0n) is 3.93. The summed E-state index contributed by atoms with van der Waals surface area (Å²) >= 11 is 5.26. The molecular formula is C4H6ClNO. The van der Waals surface area contributed by atoms with E-state index in [9.17, 15) is 0 Å². The van der Waals surface area contributed by atoms with E-state index in [0.717, 1.165) is 0 Å². The Morgan fingerprint density at radius 1 is 1.86 bits per heavy atom. The van der Waals surface area contributed by atoms with Crippen LogP contribution in [-0.2, 0) is 0 Å². The van der Waals surface area contributed by atoms with Gasteiger partial charge in [0, 0.05) is 0 Å². The van der Waals surface area contributed by atoms with Gasteiger partial charge in [-0.1, -0.05) is 0 Å². The lowest BCUT2D eigenvalue weighted by atomic mass is 10.3. The Labute approximate surface area is 47.3 Å². The molecule has 2 unspecified atom stereocenters. The summed E-state index contributed by atoms with van der Waals surface area (Å²) in [5.74, 6) is 0. The Bertz CT molecular complexity index is 86.2. The minimum Gasteiger partial charge on any atom is -0.377 e. The molecule has 0 aromatic rings. The van der Waals surface area contributed by atoms with E-state index in [1.165, 1.54) is 0 Å². The summed E-state index contributed by atoms with van der Waals surface area (Å²) < 4.78 is 0. The van der Waals surface area contributed by atoms with Gasteiger partial charge in [0.05, 0.1) is 11.4 Å².